The Labute approximate surface area is 281 Å². The first-order valence-corrected chi connectivity index (χ1v) is 17.2. The summed E-state index contributed by atoms with van der Waals surface area (Å²) in [5.41, 5.74) is 5.61. The molecule has 0 spiro atoms. The summed E-state index contributed by atoms with van der Waals surface area (Å²) in [4.78, 5) is 37.3. The monoisotopic (exact) mass is 640 g/mol. The highest BCUT2D eigenvalue weighted by molar-refractivity contribution is 5.97. The normalized spacial score (nSPS) is 16.8. The summed E-state index contributed by atoms with van der Waals surface area (Å²) in [6, 6.07) is 20.1. The van der Waals surface area contributed by atoms with Crippen LogP contribution >= 0.6 is 0 Å². The number of benzene rings is 3. The second-order valence-electron chi connectivity index (χ2n) is 13.2. The highest BCUT2D eigenvalue weighted by atomic mass is 16.5. The van der Waals surface area contributed by atoms with Gasteiger partial charge < -0.3 is 19.3 Å². The number of ether oxygens (including phenoxy) is 2. The SMILES string of the molecule is COc1ccc(CC(=O)N2CCCN(C(C)C)CCN(C(=O)c3ccc(OC)c(CN4CCCCC4)c3)Cc3cccc(C)c32)cc1. The van der Waals surface area contributed by atoms with Gasteiger partial charge in [-0.3, -0.25) is 19.4 Å². The fraction of sp³-hybridized carbons (Fsp3) is 0.487. The van der Waals surface area contributed by atoms with E-state index < -0.39 is 0 Å². The highest BCUT2D eigenvalue weighted by Gasteiger charge is 2.27. The maximum absolute atomic E-state index is 14.4. The lowest BCUT2D eigenvalue weighted by molar-refractivity contribution is -0.118. The molecule has 0 aromatic heterocycles. The maximum Gasteiger partial charge on any atom is 0.254 e. The summed E-state index contributed by atoms with van der Waals surface area (Å²) >= 11 is 0. The molecule has 0 saturated carbocycles. The number of fused-ring (bicyclic) bond motifs is 1. The van der Waals surface area contributed by atoms with Crippen LogP contribution in [0, 0.1) is 6.92 Å². The second kappa shape index (κ2) is 16.3. The number of aryl methyl sites for hydroxylation is 1. The van der Waals surface area contributed by atoms with Crippen LogP contribution in [0.3, 0.4) is 0 Å². The number of anilines is 1. The number of likely N-dealkylation sites (tertiary alicyclic amines) is 1. The molecule has 2 amide bonds. The number of methoxy groups -OCH3 is 2. The largest absolute Gasteiger partial charge is 0.497 e. The third-order valence-electron chi connectivity index (χ3n) is 9.64. The zero-order chi connectivity index (χ0) is 33.3. The zero-order valence-corrected chi connectivity index (χ0v) is 29.0. The first-order chi connectivity index (χ1) is 22.8. The van der Waals surface area contributed by atoms with Crippen LogP contribution in [0.5, 0.6) is 11.5 Å². The smallest absolute Gasteiger partial charge is 0.254 e. The molecule has 5 rings (SSSR count). The van der Waals surface area contributed by atoms with E-state index in [2.05, 4.69) is 42.7 Å². The van der Waals surface area contributed by atoms with E-state index in [1.54, 1.807) is 14.2 Å². The van der Waals surface area contributed by atoms with Crippen molar-refractivity contribution in [2.24, 2.45) is 0 Å². The van der Waals surface area contributed by atoms with Crippen LogP contribution in [0.15, 0.2) is 60.7 Å². The summed E-state index contributed by atoms with van der Waals surface area (Å²) in [5.74, 6) is 1.64. The number of amides is 2. The Kier molecular flexibility index (Phi) is 11.9. The highest BCUT2D eigenvalue weighted by Crippen LogP contribution is 2.30. The number of hydrogen-bond donors (Lipinski definition) is 0. The van der Waals surface area contributed by atoms with Crippen molar-refractivity contribution >= 4 is 17.5 Å². The van der Waals surface area contributed by atoms with Crippen molar-refractivity contribution in [2.75, 3.05) is 58.4 Å². The Balaban J connectivity index is 1.47. The molecule has 8 heteroatoms. The minimum Gasteiger partial charge on any atom is -0.497 e. The molecule has 3 aromatic rings. The van der Waals surface area contributed by atoms with Crippen LogP contribution in [-0.2, 0) is 24.3 Å². The summed E-state index contributed by atoms with van der Waals surface area (Å²) in [6.45, 7) is 12.6. The van der Waals surface area contributed by atoms with Gasteiger partial charge in [0.15, 0.2) is 0 Å². The molecule has 2 aliphatic rings. The molecule has 0 bridgehead atoms. The van der Waals surface area contributed by atoms with E-state index in [1.807, 2.05) is 58.3 Å². The Morgan fingerprint density at radius 2 is 1.57 bits per heavy atom. The minimum atomic E-state index is -0.000865. The van der Waals surface area contributed by atoms with Crippen LogP contribution in [0.2, 0.25) is 0 Å². The lowest BCUT2D eigenvalue weighted by Gasteiger charge is -2.30. The molecule has 1 saturated heterocycles. The summed E-state index contributed by atoms with van der Waals surface area (Å²) in [5, 5.41) is 0. The van der Waals surface area contributed by atoms with Crippen molar-refractivity contribution in [3.63, 3.8) is 0 Å². The molecular weight excluding hydrogens is 588 g/mol. The van der Waals surface area contributed by atoms with Crippen molar-refractivity contribution in [3.05, 3.63) is 88.5 Å². The van der Waals surface area contributed by atoms with Crippen LogP contribution in [0.1, 0.15) is 72.1 Å². The molecule has 2 aliphatic heterocycles. The molecule has 47 heavy (non-hydrogen) atoms. The molecule has 252 valence electrons. The number of para-hydroxylation sites is 1. The molecule has 0 unspecified atom stereocenters. The third kappa shape index (κ3) is 8.73. The van der Waals surface area contributed by atoms with Crippen LogP contribution in [0.4, 0.5) is 5.69 Å². The van der Waals surface area contributed by atoms with E-state index in [4.69, 9.17) is 9.47 Å². The van der Waals surface area contributed by atoms with Gasteiger partial charge in [0.25, 0.3) is 5.91 Å². The van der Waals surface area contributed by atoms with Crippen LogP contribution < -0.4 is 14.4 Å². The van der Waals surface area contributed by atoms with E-state index in [0.717, 1.165) is 78.6 Å². The topological polar surface area (TPSA) is 65.6 Å². The predicted molar refractivity (Wildman–Crippen MR) is 188 cm³/mol. The summed E-state index contributed by atoms with van der Waals surface area (Å²) in [6.07, 6.45) is 4.82. The number of carbonyl (C=O) groups excluding carboxylic acids is 2. The molecular formula is C39H52N4O4. The fourth-order valence-corrected chi connectivity index (χ4v) is 6.95. The standard InChI is InChI=1S/C39H52N4O4/c1-29(2)41-21-10-22-43(37(44)25-31-13-16-35(46-4)17-14-31)38-30(3)11-9-12-33(38)28-42(24-23-41)39(45)32-15-18-36(47-5)34(26-32)27-40-19-7-6-8-20-40/h9,11-18,26,29H,6-8,10,19-25,27-28H2,1-5H3. The number of piperidine rings is 1. The number of rotatable bonds is 8. The van der Waals surface area contributed by atoms with Crippen LogP contribution in [0.25, 0.3) is 0 Å². The number of hydrogen-bond acceptors (Lipinski definition) is 6. The number of carbonyl (C=O) groups is 2. The summed E-state index contributed by atoms with van der Waals surface area (Å²) < 4.78 is 11.1. The Morgan fingerprint density at radius 1 is 0.809 bits per heavy atom. The second-order valence-corrected chi connectivity index (χ2v) is 13.2. The van der Waals surface area contributed by atoms with Gasteiger partial charge >= 0.3 is 0 Å². The van der Waals surface area contributed by atoms with E-state index in [1.165, 1.54) is 19.3 Å². The van der Waals surface area contributed by atoms with Crippen molar-refractivity contribution in [1.29, 1.82) is 0 Å². The van der Waals surface area contributed by atoms with Gasteiger partial charge in [0.2, 0.25) is 5.91 Å². The first kappa shape index (κ1) is 34.5. The molecule has 8 nitrogen and oxygen atoms in total. The fourth-order valence-electron chi connectivity index (χ4n) is 6.95. The quantitative estimate of drug-likeness (QED) is 0.287. The molecule has 3 aromatic carbocycles. The Morgan fingerprint density at radius 3 is 2.28 bits per heavy atom. The van der Waals surface area contributed by atoms with E-state index in [0.29, 0.717) is 37.7 Å². The van der Waals surface area contributed by atoms with Gasteiger partial charge in [-0.25, -0.2) is 0 Å². The molecule has 2 heterocycles. The van der Waals surface area contributed by atoms with Gasteiger partial charge in [0.1, 0.15) is 11.5 Å². The molecule has 0 N–H and O–H groups in total. The average molecular weight is 641 g/mol. The van der Waals surface area contributed by atoms with E-state index in [-0.39, 0.29) is 11.8 Å². The van der Waals surface area contributed by atoms with Gasteiger partial charge in [-0.1, -0.05) is 36.8 Å². The Bertz CT molecular complexity index is 1500. The molecule has 0 radical (unpaired) electrons. The van der Waals surface area contributed by atoms with Gasteiger partial charge in [-0.15, -0.1) is 0 Å². The summed E-state index contributed by atoms with van der Waals surface area (Å²) in [7, 11) is 3.34. The lowest BCUT2D eigenvalue weighted by atomic mass is 10.0. The average Bonchev–Trinajstić information content (AvgIpc) is 3.12. The lowest BCUT2D eigenvalue weighted by Crippen LogP contribution is -2.41. The molecule has 0 aliphatic carbocycles. The van der Waals surface area contributed by atoms with Gasteiger partial charge in [0, 0.05) is 56.4 Å². The Hall–Kier alpha value is -3.88. The van der Waals surface area contributed by atoms with E-state index in [9.17, 15) is 9.59 Å². The van der Waals surface area contributed by atoms with Crippen molar-refractivity contribution in [2.45, 2.75) is 72.0 Å². The van der Waals surface area contributed by atoms with Gasteiger partial charge in [0.05, 0.1) is 26.3 Å². The van der Waals surface area contributed by atoms with Crippen molar-refractivity contribution in [1.82, 2.24) is 14.7 Å². The van der Waals surface area contributed by atoms with E-state index >= 15 is 0 Å². The maximum atomic E-state index is 14.4. The van der Waals surface area contributed by atoms with Crippen molar-refractivity contribution < 1.29 is 19.1 Å². The van der Waals surface area contributed by atoms with Crippen LogP contribution in [-0.4, -0.2) is 86.0 Å². The third-order valence-corrected chi connectivity index (χ3v) is 9.64. The predicted octanol–water partition coefficient (Wildman–Crippen LogP) is 6.33. The van der Waals surface area contributed by atoms with Crippen molar-refractivity contribution in [3.8, 4) is 11.5 Å². The molecule has 1 fully saturated rings. The first-order valence-electron chi connectivity index (χ1n) is 17.2. The van der Waals surface area contributed by atoms with Gasteiger partial charge in [-0.2, -0.15) is 0 Å². The number of nitrogens with zero attached hydrogens (tertiary/aromatic N) is 4. The minimum absolute atomic E-state index is 0.000865. The zero-order valence-electron chi connectivity index (χ0n) is 29.0. The molecule has 0 atom stereocenters. The van der Waals surface area contributed by atoms with Gasteiger partial charge in [-0.05, 0) is 100 Å².